The van der Waals surface area contributed by atoms with E-state index in [-0.39, 0.29) is 0 Å². The summed E-state index contributed by atoms with van der Waals surface area (Å²) < 4.78 is 3.73. The summed E-state index contributed by atoms with van der Waals surface area (Å²) in [5.74, 6) is 6.35. The predicted molar refractivity (Wildman–Crippen MR) is 68.5 cm³/mol. The molecule has 2 aromatic heterocycles. The summed E-state index contributed by atoms with van der Waals surface area (Å²) in [5.41, 5.74) is 1.93. The second-order valence-electron chi connectivity index (χ2n) is 3.82. The van der Waals surface area contributed by atoms with E-state index < -0.39 is 0 Å². The van der Waals surface area contributed by atoms with Gasteiger partial charge < -0.3 is 5.84 Å². The molecule has 0 aliphatic rings. The van der Waals surface area contributed by atoms with E-state index >= 15 is 0 Å². The molecule has 2 heterocycles. The van der Waals surface area contributed by atoms with Gasteiger partial charge in [0.25, 0.3) is 0 Å². The summed E-state index contributed by atoms with van der Waals surface area (Å²) in [5, 5.41) is 11.2. The molecule has 0 aromatic carbocycles. The van der Waals surface area contributed by atoms with Gasteiger partial charge in [-0.1, -0.05) is 13.8 Å². The van der Waals surface area contributed by atoms with Crippen LogP contribution in [0.5, 0.6) is 0 Å². The molecule has 0 saturated heterocycles. The maximum atomic E-state index is 5.78. The number of hydrogen-bond acceptors (Lipinski definition) is 4. The molecule has 2 aromatic rings. The van der Waals surface area contributed by atoms with Gasteiger partial charge in [-0.15, -0.1) is 0 Å². The molecule has 0 aliphatic heterocycles. The number of nitrogens with zero attached hydrogens (tertiary/aromatic N) is 4. The topological polar surface area (TPSA) is 77.5 Å². The van der Waals surface area contributed by atoms with Crippen molar-refractivity contribution in [3.05, 3.63) is 16.5 Å². The molecular weight excluding hydrogens is 236 g/mol. The Bertz CT molecular complexity index is 564. The number of hydrogen-bond donors (Lipinski definition) is 2. The third-order valence-electron chi connectivity index (χ3n) is 2.59. The molecule has 0 radical (unpaired) electrons. The maximum Gasteiger partial charge on any atom is 0.214 e. The van der Waals surface area contributed by atoms with E-state index in [9.17, 15) is 0 Å². The normalized spacial score (nSPS) is 10.9. The molecule has 0 saturated carbocycles. The van der Waals surface area contributed by atoms with Crippen LogP contribution in [-0.2, 0) is 13.0 Å². The van der Waals surface area contributed by atoms with Crippen molar-refractivity contribution in [1.82, 2.24) is 24.7 Å². The highest BCUT2D eigenvalue weighted by molar-refractivity contribution is 7.71. The van der Waals surface area contributed by atoms with Crippen LogP contribution >= 0.6 is 12.2 Å². The summed E-state index contributed by atoms with van der Waals surface area (Å²) in [4.78, 5) is 0. The summed E-state index contributed by atoms with van der Waals surface area (Å²) >= 11 is 4.98. The van der Waals surface area contributed by atoms with Gasteiger partial charge in [0.15, 0.2) is 0 Å². The lowest BCUT2D eigenvalue weighted by atomic mass is 10.3. The van der Waals surface area contributed by atoms with E-state index in [4.69, 9.17) is 18.1 Å². The highest BCUT2D eigenvalue weighted by atomic mass is 32.1. The molecule has 3 N–H and O–H groups in total. The highest BCUT2D eigenvalue weighted by Crippen LogP contribution is 2.16. The maximum absolute atomic E-state index is 5.78. The van der Waals surface area contributed by atoms with Gasteiger partial charge in [-0.05, 0) is 31.1 Å². The van der Waals surface area contributed by atoms with Crippen molar-refractivity contribution in [2.45, 2.75) is 33.2 Å². The van der Waals surface area contributed by atoms with E-state index in [1.807, 2.05) is 10.7 Å². The van der Waals surface area contributed by atoms with Crippen LogP contribution in [0.15, 0.2) is 6.07 Å². The molecule has 92 valence electrons. The van der Waals surface area contributed by atoms with Crippen molar-refractivity contribution in [2.75, 3.05) is 5.84 Å². The van der Waals surface area contributed by atoms with Gasteiger partial charge in [-0.2, -0.15) is 10.2 Å². The van der Waals surface area contributed by atoms with Crippen LogP contribution in [0.25, 0.3) is 11.5 Å². The molecule has 7 heteroatoms. The van der Waals surface area contributed by atoms with E-state index in [2.05, 4.69) is 29.1 Å². The lowest BCUT2D eigenvalue weighted by Crippen LogP contribution is -2.10. The number of nitrogen functional groups attached to an aromatic ring is 1. The lowest BCUT2D eigenvalue weighted by Gasteiger charge is -2.01. The van der Waals surface area contributed by atoms with E-state index in [0.29, 0.717) is 10.6 Å². The monoisotopic (exact) mass is 252 g/mol. The van der Waals surface area contributed by atoms with Crippen LogP contribution < -0.4 is 5.84 Å². The van der Waals surface area contributed by atoms with Gasteiger partial charge in [-0.3, -0.25) is 4.68 Å². The number of aryl methyl sites for hydroxylation is 2. The summed E-state index contributed by atoms with van der Waals surface area (Å²) in [6.45, 7) is 5.13. The van der Waals surface area contributed by atoms with Gasteiger partial charge in [0.05, 0.1) is 0 Å². The number of nitrogens with one attached hydrogen (secondary N) is 1. The molecule has 0 atom stereocenters. The fraction of sp³-hybridized carbons (Fsp3) is 0.500. The van der Waals surface area contributed by atoms with E-state index in [1.165, 1.54) is 10.4 Å². The van der Waals surface area contributed by atoms with Gasteiger partial charge in [0.2, 0.25) is 10.6 Å². The SMILES string of the molecule is CCCn1nc(-c2n[nH]c(=S)n2N)cc1CC. The number of aromatic amines is 1. The van der Waals surface area contributed by atoms with Gasteiger partial charge in [0, 0.05) is 12.2 Å². The zero-order chi connectivity index (χ0) is 12.4. The minimum Gasteiger partial charge on any atom is -0.335 e. The quantitative estimate of drug-likeness (QED) is 0.638. The van der Waals surface area contributed by atoms with Gasteiger partial charge in [0.1, 0.15) is 5.69 Å². The van der Waals surface area contributed by atoms with Crippen LogP contribution in [0, 0.1) is 4.77 Å². The van der Waals surface area contributed by atoms with Gasteiger partial charge >= 0.3 is 0 Å². The number of aromatic nitrogens is 5. The summed E-state index contributed by atoms with van der Waals surface area (Å²) in [7, 11) is 0. The van der Waals surface area contributed by atoms with Crippen LogP contribution in [0.2, 0.25) is 0 Å². The first-order chi connectivity index (χ1) is 8.17. The molecule has 6 nitrogen and oxygen atoms in total. The zero-order valence-corrected chi connectivity index (χ0v) is 10.8. The molecule has 2 rings (SSSR count). The minimum absolute atomic E-state index is 0.392. The van der Waals surface area contributed by atoms with Crippen LogP contribution in [0.4, 0.5) is 0 Å². The molecule has 0 bridgehead atoms. The van der Waals surface area contributed by atoms with Crippen molar-refractivity contribution in [3.8, 4) is 11.5 Å². The van der Waals surface area contributed by atoms with Crippen LogP contribution in [0.3, 0.4) is 0 Å². The second-order valence-corrected chi connectivity index (χ2v) is 4.21. The Balaban J connectivity index is 2.46. The summed E-state index contributed by atoms with van der Waals surface area (Å²) in [6.07, 6.45) is 1.98. The fourth-order valence-corrected chi connectivity index (χ4v) is 1.87. The molecule has 17 heavy (non-hydrogen) atoms. The summed E-state index contributed by atoms with van der Waals surface area (Å²) in [6, 6.07) is 2.00. The van der Waals surface area contributed by atoms with Crippen molar-refractivity contribution in [1.29, 1.82) is 0 Å². The van der Waals surface area contributed by atoms with Crippen molar-refractivity contribution in [3.63, 3.8) is 0 Å². The molecular formula is C10H16N6S. The minimum atomic E-state index is 0.392. The molecule has 0 aliphatic carbocycles. The molecule has 0 unspecified atom stereocenters. The van der Waals surface area contributed by atoms with E-state index in [0.717, 1.165) is 25.1 Å². The number of rotatable bonds is 4. The molecule has 0 amide bonds. The Kier molecular flexibility index (Phi) is 3.28. The third kappa shape index (κ3) is 2.10. The Labute approximate surface area is 104 Å². The molecule has 0 spiro atoms. The first-order valence-electron chi connectivity index (χ1n) is 5.67. The van der Waals surface area contributed by atoms with Gasteiger partial charge in [-0.25, -0.2) is 9.77 Å². The second kappa shape index (κ2) is 4.70. The third-order valence-corrected chi connectivity index (χ3v) is 2.88. The average Bonchev–Trinajstić information content (AvgIpc) is 2.85. The number of H-pyrrole nitrogens is 1. The van der Waals surface area contributed by atoms with Crippen molar-refractivity contribution in [2.24, 2.45) is 0 Å². The standard InChI is InChI=1S/C10H16N6S/c1-3-5-15-7(4-2)6-8(14-15)9-12-13-10(17)16(9)11/h6H,3-5,11H2,1-2H3,(H,13,17). The van der Waals surface area contributed by atoms with Crippen molar-refractivity contribution >= 4 is 12.2 Å². The zero-order valence-electron chi connectivity index (χ0n) is 9.97. The fourth-order valence-electron chi connectivity index (χ4n) is 1.74. The Morgan fingerprint density at radius 2 is 2.24 bits per heavy atom. The lowest BCUT2D eigenvalue weighted by molar-refractivity contribution is 0.578. The van der Waals surface area contributed by atoms with Crippen molar-refractivity contribution < 1.29 is 0 Å². The Hall–Kier alpha value is -1.63. The average molecular weight is 252 g/mol. The smallest absolute Gasteiger partial charge is 0.214 e. The molecule has 0 fully saturated rings. The largest absolute Gasteiger partial charge is 0.335 e. The first kappa shape index (κ1) is 11.8. The predicted octanol–water partition coefficient (Wildman–Crippen LogP) is 1.49. The number of nitrogens with two attached hydrogens (primary N) is 1. The van der Waals surface area contributed by atoms with Crippen LogP contribution in [0.1, 0.15) is 26.0 Å². The first-order valence-corrected chi connectivity index (χ1v) is 6.07. The Morgan fingerprint density at radius 3 is 2.76 bits per heavy atom. The highest BCUT2D eigenvalue weighted by Gasteiger charge is 2.13. The van der Waals surface area contributed by atoms with Crippen LogP contribution in [-0.4, -0.2) is 24.7 Å². The van der Waals surface area contributed by atoms with E-state index in [1.54, 1.807) is 0 Å². The Morgan fingerprint density at radius 1 is 1.47 bits per heavy atom.